The van der Waals surface area contributed by atoms with Crippen LogP contribution in [0.3, 0.4) is 0 Å². The lowest BCUT2D eigenvalue weighted by molar-refractivity contribution is -0.200. The molecule has 2 N–H and O–H groups in total. The van der Waals surface area contributed by atoms with Gasteiger partial charge in [0.1, 0.15) is 6.61 Å². The Labute approximate surface area is 174 Å². The average molecular weight is 432 g/mol. The third-order valence-corrected chi connectivity index (χ3v) is 5.56. The first-order valence-corrected chi connectivity index (χ1v) is 9.65. The van der Waals surface area contributed by atoms with E-state index in [4.69, 9.17) is 14.3 Å². The lowest BCUT2D eigenvalue weighted by Gasteiger charge is -2.54. The molecule has 3 saturated heterocycles. The molecule has 5 heterocycles. The molecule has 1 aromatic carbocycles. The second kappa shape index (κ2) is 7.05. The average Bonchev–Trinajstić information content (AvgIpc) is 3.20. The van der Waals surface area contributed by atoms with E-state index in [9.17, 15) is 18.7 Å². The van der Waals surface area contributed by atoms with Gasteiger partial charge < -0.3 is 24.3 Å². The van der Waals surface area contributed by atoms with Gasteiger partial charge in [-0.3, -0.25) is 9.88 Å². The van der Waals surface area contributed by atoms with Crippen LogP contribution < -0.4 is 9.64 Å². The van der Waals surface area contributed by atoms with Crippen molar-refractivity contribution in [2.75, 3.05) is 24.6 Å². The predicted octanol–water partition coefficient (Wildman–Crippen LogP) is 2.79. The zero-order chi connectivity index (χ0) is 21.8. The third kappa shape index (κ3) is 3.30. The molecule has 6 rings (SSSR count). The van der Waals surface area contributed by atoms with Crippen LogP contribution in [-0.4, -0.2) is 69.1 Å². The standard InChI is InChI=1S/C20H18F2N4O5/c21-20(22,10-27)31-15-5-4-13(14-3-1-2-6-23-14)17-16(15)24-18(30-17)25-8-11-7-12(9-25)26(11)19(28)29/h1-6,11-12,27H,7-10H2,(H,28,29). The van der Waals surface area contributed by atoms with Gasteiger partial charge in [0.15, 0.2) is 16.8 Å². The molecular weight excluding hydrogens is 414 g/mol. The topological polar surface area (TPSA) is 112 Å². The molecule has 2 atom stereocenters. The number of aliphatic hydroxyl groups excluding tert-OH is 1. The zero-order valence-electron chi connectivity index (χ0n) is 16.1. The van der Waals surface area contributed by atoms with E-state index in [1.54, 1.807) is 35.4 Å². The number of amides is 1. The van der Waals surface area contributed by atoms with E-state index < -0.39 is 18.8 Å². The maximum Gasteiger partial charge on any atom is 0.421 e. The maximum absolute atomic E-state index is 13.7. The summed E-state index contributed by atoms with van der Waals surface area (Å²) in [4.78, 5) is 23.2. The molecule has 3 aliphatic heterocycles. The molecule has 0 saturated carbocycles. The minimum Gasteiger partial charge on any atom is -0.465 e. The van der Waals surface area contributed by atoms with Gasteiger partial charge in [-0.2, -0.15) is 13.8 Å². The Kier molecular flexibility index (Phi) is 4.43. The van der Waals surface area contributed by atoms with E-state index in [1.807, 2.05) is 0 Å². The molecule has 0 radical (unpaired) electrons. The number of fused-ring (bicyclic) bond motifs is 3. The Morgan fingerprint density at radius 3 is 2.68 bits per heavy atom. The number of ether oxygens (including phenoxy) is 1. The lowest BCUT2D eigenvalue weighted by Crippen LogP contribution is -2.70. The molecule has 162 valence electrons. The van der Waals surface area contributed by atoms with Crippen molar-refractivity contribution in [3.63, 3.8) is 0 Å². The first-order chi connectivity index (χ1) is 14.9. The highest BCUT2D eigenvalue weighted by molar-refractivity contribution is 5.94. The lowest BCUT2D eigenvalue weighted by atomic mass is 9.88. The van der Waals surface area contributed by atoms with Crippen LogP contribution in [0, 0.1) is 0 Å². The number of alkyl halides is 2. The molecule has 11 heteroatoms. The minimum atomic E-state index is -3.78. The summed E-state index contributed by atoms with van der Waals surface area (Å²) in [6, 6.07) is 8.02. The summed E-state index contributed by atoms with van der Waals surface area (Å²) in [6.07, 6.45) is -2.38. The number of piperazine rings is 1. The number of carbonyl (C=O) groups is 1. The van der Waals surface area contributed by atoms with E-state index in [0.717, 1.165) is 6.42 Å². The second-order valence-corrected chi connectivity index (χ2v) is 7.54. The number of rotatable bonds is 5. The summed E-state index contributed by atoms with van der Waals surface area (Å²) in [6.45, 7) is -0.712. The van der Waals surface area contributed by atoms with Crippen LogP contribution in [0.4, 0.5) is 19.6 Å². The van der Waals surface area contributed by atoms with Gasteiger partial charge in [-0.15, -0.1) is 0 Å². The van der Waals surface area contributed by atoms with Gasteiger partial charge in [0.25, 0.3) is 6.01 Å². The van der Waals surface area contributed by atoms with Crippen LogP contribution in [0.15, 0.2) is 40.9 Å². The van der Waals surface area contributed by atoms with Crippen molar-refractivity contribution >= 4 is 23.2 Å². The summed E-state index contributed by atoms with van der Waals surface area (Å²) in [5.74, 6) is -0.238. The molecule has 31 heavy (non-hydrogen) atoms. The molecule has 2 bridgehead atoms. The summed E-state index contributed by atoms with van der Waals surface area (Å²) in [7, 11) is 0. The number of carboxylic acid groups (broad SMARTS) is 1. The first-order valence-electron chi connectivity index (χ1n) is 9.65. The number of hydrogen-bond acceptors (Lipinski definition) is 7. The number of benzene rings is 1. The second-order valence-electron chi connectivity index (χ2n) is 7.54. The molecule has 1 amide bonds. The van der Waals surface area contributed by atoms with Gasteiger partial charge >= 0.3 is 12.2 Å². The number of hydrogen-bond donors (Lipinski definition) is 2. The Morgan fingerprint density at radius 2 is 2.03 bits per heavy atom. The van der Waals surface area contributed by atoms with Crippen LogP contribution in [-0.2, 0) is 0 Å². The Bertz CT molecular complexity index is 1130. The van der Waals surface area contributed by atoms with Crippen molar-refractivity contribution in [2.45, 2.75) is 24.6 Å². The zero-order valence-corrected chi connectivity index (χ0v) is 16.1. The largest absolute Gasteiger partial charge is 0.465 e. The van der Waals surface area contributed by atoms with Crippen LogP contribution in [0.5, 0.6) is 5.75 Å². The summed E-state index contributed by atoms with van der Waals surface area (Å²) in [5.41, 5.74) is 1.40. The maximum atomic E-state index is 13.7. The fourth-order valence-electron chi connectivity index (χ4n) is 4.18. The minimum absolute atomic E-state index is 0.0700. The van der Waals surface area contributed by atoms with E-state index in [1.165, 1.54) is 11.0 Å². The number of aliphatic hydroxyl groups is 1. The number of oxazole rings is 1. The van der Waals surface area contributed by atoms with Gasteiger partial charge in [0.2, 0.25) is 0 Å². The van der Waals surface area contributed by atoms with Crippen molar-refractivity contribution in [3.8, 4) is 17.0 Å². The van der Waals surface area contributed by atoms with Gasteiger partial charge in [0, 0.05) is 24.8 Å². The molecule has 9 nitrogen and oxygen atoms in total. The van der Waals surface area contributed by atoms with Crippen LogP contribution in [0.25, 0.3) is 22.4 Å². The van der Waals surface area contributed by atoms with E-state index >= 15 is 0 Å². The normalized spacial score (nSPS) is 20.6. The van der Waals surface area contributed by atoms with Crippen molar-refractivity contribution in [2.24, 2.45) is 0 Å². The molecule has 3 aliphatic rings. The highest BCUT2D eigenvalue weighted by Crippen LogP contribution is 2.40. The molecular formula is C20H18F2N4O5. The summed E-state index contributed by atoms with van der Waals surface area (Å²) < 4.78 is 38.1. The van der Waals surface area contributed by atoms with Crippen molar-refractivity contribution < 1.29 is 32.9 Å². The SMILES string of the molecule is O=C(O)N1C2CC1CN(c1nc3c(OC(F)(F)CO)ccc(-c4ccccn4)c3o1)C2. The van der Waals surface area contributed by atoms with Crippen LogP contribution in [0.2, 0.25) is 0 Å². The smallest absolute Gasteiger partial charge is 0.421 e. The predicted molar refractivity (Wildman–Crippen MR) is 104 cm³/mol. The van der Waals surface area contributed by atoms with Crippen molar-refractivity contribution in [1.29, 1.82) is 0 Å². The number of pyridine rings is 1. The quantitative estimate of drug-likeness (QED) is 0.633. The fourth-order valence-corrected chi connectivity index (χ4v) is 4.18. The first kappa shape index (κ1) is 19.5. The molecule has 3 aromatic rings. The van der Waals surface area contributed by atoms with Gasteiger partial charge in [-0.25, -0.2) is 4.79 Å². The molecule has 2 aromatic heterocycles. The van der Waals surface area contributed by atoms with Gasteiger partial charge in [0.05, 0.1) is 17.8 Å². The highest BCUT2D eigenvalue weighted by Gasteiger charge is 2.48. The Hall–Kier alpha value is -3.47. The van der Waals surface area contributed by atoms with Gasteiger partial charge in [-0.1, -0.05) is 6.07 Å². The fraction of sp³-hybridized carbons (Fsp3) is 0.350. The van der Waals surface area contributed by atoms with Crippen molar-refractivity contribution in [3.05, 3.63) is 36.5 Å². The van der Waals surface area contributed by atoms with Crippen LogP contribution >= 0.6 is 0 Å². The van der Waals surface area contributed by atoms with Gasteiger partial charge in [-0.05, 0) is 30.7 Å². The molecule has 3 fully saturated rings. The summed E-state index contributed by atoms with van der Waals surface area (Å²) in [5, 5.41) is 18.2. The monoisotopic (exact) mass is 432 g/mol. The Balaban J connectivity index is 1.56. The number of aromatic nitrogens is 2. The van der Waals surface area contributed by atoms with Crippen LogP contribution in [0.1, 0.15) is 6.42 Å². The van der Waals surface area contributed by atoms with E-state index in [0.29, 0.717) is 24.3 Å². The third-order valence-electron chi connectivity index (χ3n) is 5.56. The highest BCUT2D eigenvalue weighted by atomic mass is 19.3. The molecule has 0 aliphatic carbocycles. The Morgan fingerprint density at radius 1 is 1.26 bits per heavy atom. The number of halogens is 2. The van der Waals surface area contributed by atoms with Crippen molar-refractivity contribution in [1.82, 2.24) is 14.9 Å². The van der Waals surface area contributed by atoms with E-state index in [2.05, 4.69) is 9.97 Å². The molecule has 0 spiro atoms. The number of anilines is 1. The number of piperidine rings is 1. The molecule has 2 unspecified atom stereocenters. The summed E-state index contributed by atoms with van der Waals surface area (Å²) >= 11 is 0. The van der Waals surface area contributed by atoms with E-state index in [-0.39, 0.29) is 34.9 Å². The number of nitrogens with zero attached hydrogens (tertiary/aromatic N) is 4.